The van der Waals surface area contributed by atoms with Crippen LogP contribution in [0.25, 0.3) is 11.1 Å². The average Bonchev–Trinajstić information content (AvgIpc) is 2.59. The summed E-state index contributed by atoms with van der Waals surface area (Å²) in [5, 5.41) is 21.1. The Bertz CT molecular complexity index is 831. The van der Waals surface area contributed by atoms with Crippen LogP contribution in [0.1, 0.15) is 22.7 Å². The number of nitrogens with zero attached hydrogens (tertiary/aromatic N) is 1. The van der Waals surface area contributed by atoms with Crippen molar-refractivity contribution < 1.29 is 19.7 Å². The minimum Gasteiger partial charge on any atom is -0.504 e. The molecular weight excluding hydrogens is 306 g/mol. The smallest absolute Gasteiger partial charge is 0.168 e. The minimum absolute atomic E-state index is 0.0785. The Morgan fingerprint density at radius 3 is 2.58 bits per heavy atom. The van der Waals surface area contributed by atoms with E-state index in [1.54, 1.807) is 13.2 Å². The van der Waals surface area contributed by atoms with Crippen LogP contribution in [-0.4, -0.2) is 42.9 Å². The molecule has 2 aliphatic rings. The first-order valence-electron chi connectivity index (χ1n) is 8.09. The van der Waals surface area contributed by atoms with Crippen molar-refractivity contribution in [2.24, 2.45) is 0 Å². The molecule has 5 nitrogen and oxygen atoms in total. The van der Waals surface area contributed by atoms with Crippen molar-refractivity contribution in [3.63, 3.8) is 0 Å². The molecule has 1 aliphatic heterocycles. The van der Waals surface area contributed by atoms with Crippen molar-refractivity contribution in [1.29, 1.82) is 0 Å². The van der Waals surface area contributed by atoms with Gasteiger partial charge in [0.05, 0.1) is 14.2 Å². The van der Waals surface area contributed by atoms with Gasteiger partial charge in [-0.15, -0.1) is 0 Å². The van der Waals surface area contributed by atoms with Crippen LogP contribution in [0.5, 0.6) is 23.0 Å². The van der Waals surface area contributed by atoms with E-state index in [1.807, 2.05) is 12.1 Å². The molecule has 0 unspecified atom stereocenters. The molecule has 126 valence electrons. The van der Waals surface area contributed by atoms with Gasteiger partial charge in [-0.25, -0.2) is 0 Å². The molecule has 1 heterocycles. The summed E-state index contributed by atoms with van der Waals surface area (Å²) in [5.41, 5.74) is 4.88. The van der Waals surface area contributed by atoms with Crippen molar-refractivity contribution in [3.05, 3.63) is 34.9 Å². The lowest BCUT2D eigenvalue weighted by atomic mass is 9.76. The maximum absolute atomic E-state index is 10.9. The molecule has 1 aliphatic carbocycles. The Kier molecular flexibility index (Phi) is 3.35. The molecule has 0 aromatic heterocycles. The predicted octanol–water partition coefficient (Wildman–Crippen LogP) is 2.87. The third-order valence-electron chi connectivity index (χ3n) is 5.30. The standard InChI is InChI=1S/C19H21NO4/c1-20-7-6-11-9-14(23-2)18(22)17-15(11)12(20)8-10-4-5-13(21)19(24-3)16(10)17/h4-5,9,12,21-22H,6-8H2,1-3H3/t12-/m0/s1. The fraction of sp³-hybridized carbons (Fsp3) is 0.368. The average molecular weight is 327 g/mol. The molecule has 2 N–H and O–H groups in total. The summed E-state index contributed by atoms with van der Waals surface area (Å²) in [5.74, 6) is 1.06. The normalized spacial score (nSPS) is 18.7. The van der Waals surface area contributed by atoms with Crippen LogP contribution >= 0.6 is 0 Å². The highest BCUT2D eigenvalue weighted by molar-refractivity contribution is 5.88. The molecule has 0 radical (unpaired) electrons. The lowest BCUT2D eigenvalue weighted by Crippen LogP contribution is -2.35. The number of phenols is 2. The quantitative estimate of drug-likeness (QED) is 0.888. The van der Waals surface area contributed by atoms with E-state index in [9.17, 15) is 10.2 Å². The first-order valence-corrected chi connectivity index (χ1v) is 8.09. The SMILES string of the molecule is COc1cc2c3c(c1O)-c1c(ccc(O)c1OC)C[C@@H]3N(C)CC2. The van der Waals surface area contributed by atoms with E-state index in [1.165, 1.54) is 12.7 Å². The highest BCUT2D eigenvalue weighted by atomic mass is 16.5. The summed E-state index contributed by atoms with van der Waals surface area (Å²) in [6, 6.07) is 5.72. The third-order valence-corrected chi connectivity index (χ3v) is 5.30. The lowest BCUT2D eigenvalue weighted by molar-refractivity contribution is 0.226. The zero-order chi connectivity index (χ0) is 17.0. The van der Waals surface area contributed by atoms with E-state index >= 15 is 0 Å². The number of rotatable bonds is 2. The van der Waals surface area contributed by atoms with E-state index in [2.05, 4.69) is 11.9 Å². The Hall–Kier alpha value is -2.40. The molecular formula is C19H21NO4. The first kappa shape index (κ1) is 15.1. The molecule has 1 atom stereocenters. The first-order chi connectivity index (χ1) is 11.6. The molecule has 0 bridgehead atoms. The maximum atomic E-state index is 10.9. The summed E-state index contributed by atoms with van der Waals surface area (Å²) < 4.78 is 10.9. The van der Waals surface area contributed by atoms with Gasteiger partial charge in [0.25, 0.3) is 0 Å². The van der Waals surface area contributed by atoms with Crippen LogP contribution in [0, 0.1) is 0 Å². The maximum Gasteiger partial charge on any atom is 0.168 e. The third kappa shape index (κ3) is 1.91. The van der Waals surface area contributed by atoms with Gasteiger partial charge in [0.15, 0.2) is 23.0 Å². The van der Waals surface area contributed by atoms with Crippen molar-refractivity contribution in [2.45, 2.75) is 18.9 Å². The molecule has 24 heavy (non-hydrogen) atoms. The topological polar surface area (TPSA) is 62.2 Å². The molecule has 0 spiro atoms. The summed E-state index contributed by atoms with van der Waals surface area (Å²) in [7, 11) is 5.21. The summed E-state index contributed by atoms with van der Waals surface area (Å²) in [6.45, 7) is 0.968. The molecule has 2 aromatic carbocycles. The number of aromatic hydroxyl groups is 2. The summed E-state index contributed by atoms with van der Waals surface area (Å²) in [4.78, 5) is 2.32. The van der Waals surface area contributed by atoms with Crippen LogP contribution in [0.4, 0.5) is 0 Å². The van der Waals surface area contributed by atoms with Gasteiger partial charge in [-0.1, -0.05) is 6.07 Å². The molecule has 0 saturated heterocycles. The van der Waals surface area contributed by atoms with Crippen LogP contribution in [0.15, 0.2) is 18.2 Å². The second-order valence-electron chi connectivity index (χ2n) is 6.48. The van der Waals surface area contributed by atoms with Crippen molar-refractivity contribution in [1.82, 2.24) is 4.90 Å². The number of phenolic OH excluding ortho intramolecular Hbond substituents is 2. The fourth-order valence-corrected chi connectivity index (χ4v) is 4.11. The number of hydrogen-bond acceptors (Lipinski definition) is 5. The number of methoxy groups -OCH3 is 2. The zero-order valence-electron chi connectivity index (χ0n) is 14.1. The molecule has 0 saturated carbocycles. The minimum atomic E-state index is 0.0785. The predicted molar refractivity (Wildman–Crippen MR) is 91.1 cm³/mol. The van der Waals surface area contributed by atoms with Gasteiger partial charge < -0.3 is 19.7 Å². The Morgan fingerprint density at radius 1 is 1.08 bits per heavy atom. The van der Waals surface area contributed by atoms with Gasteiger partial charge in [-0.2, -0.15) is 0 Å². The molecule has 5 heteroatoms. The number of likely N-dealkylation sites (N-methyl/N-ethyl adjacent to an activating group) is 1. The van der Waals surface area contributed by atoms with Gasteiger partial charge in [-0.05, 0) is 48.7 Å². The zero-order valence-corrected chi connectivity index (χ0v) is 14.1. The van der Waals surface area contributed by atoms with Gasteiger partial charge in [0, 0.05) is 23.7 Å². The van der Waals surface area contributed by atoms with E-state index in [0.717, 1.165) is 41.6 Å². The number of fused-ring (bicyclic) bond motifs is 2. The molecule has 4 rings (SSSR count). The fourth-order valence-electron chi connectivity index (χ4n) is 4.11. The Labute approximate surface area is 141 Å². The van der Waals surface area contributed by atoms with E-state index < -0.39 is 0 Å². The van der Waals surface area contributed by atoms with Crippen LogP contribution < -0.4 is 9.47 Å². The van der Waals surface area contributed by atoms with E-state index in [0.29, 0.717) is 11.5 Å². The second kappa shape index (κ2) is 5.31. The number of ether oxygens (including phenoxy) is 2. The van der Waals surface area contributed by atoms with Crippen molar-refractivity contribution >= 4 is 0 Å². The van der Waals surface area contributed by atoms with Gasteiger partial charge in [0.1, 0.15) is 0 Å². The van der Waals surface area contributed by atoms with Crippen molar-refractivity contribution in [3.8, 4) is 34.1 Å². The number of hydrogen-bond donors (Lipinski definition) is 2. The van der Waals surface area contributed by atoms with E-state index in [-0.39, 0.29) is 17.5 Å². The highest BCUT2D eigenvalue weighted by Crippen LogP contribution is 2.55. The van der Waals surface area contributed by atoms with Gasteiger partial charge >= 0.3 is 0 Å². The number of benzene rings is 2. The molecule has 0 amide bonds. The van der Waals surface area contributed by atoms with Crippen LogP contribution in [-0.2, 0) is 12.8 Å². The highest BCUT2D eigenvalue weighted by Gasteiger charge is 2.37. The largest absolute Gasteiger partial charge is 0.504 e. The van der Waals surface area contributed by atoms with Gasteiger partial charge in [0.2, 0.25) is 0 Å². The van der Waals surface area contributed by atoms with Crippen molar-refractivity contribution in [2.75, 3.05) is 27.8 Å². The lowest BCUT2D eigenvalue weighted by Gasteiger charge is -2.40. The monoisotopic (exact) mass is 327 g/mol. The van der Waals surface area contributed by atoms with Crippen LogP contribution in [0.2, 0.25) is 0 Å². The second-order valence-corrected chi connectivity index (χ2v) is 6.48. The molecule has 2 aromatic rings. The summed E-state index contributed by atoms with van der Waals surface area (Å²) in [6.07, 6.45) is 1.73. The Balaban J connectivity index is 2.12. The molecule has 0 fully saturated rings. The Morgan fingerprint density at radius 2 is 1.88 bits per heavy atom. The van der Waals surface area contributed by atoms with Crippen LogP contribution in [0.3, 0.4) is 0 Å². The van der Waals surface area contributed by atoms with Gasteiger partial charge in [-0.3, -0.25) is 4.90 Å². The summed E-state index contributed by atoms with van der Waals surface area (Å²) >= 11 is 0. The van der Waals surface area contributed by atoms with E-state index in [4.69, 9.17) is 9.47 Å².